The van der Waals surface area contributed by atoms with Gasteiger partial charge in [0.1, 0.15) is 5.82 Å². The second kappa shape index (κ2) is 7.03. The molecule has 3 aromatic heterocycles. The van der Waals surface area contributed by atoms with Crippen molar-refractivity contribution in [3.63, 3.8) is 0 Å². The van der Waals surface area contributed by atoms with Gasteiger partial charge in [0.25, 0.3) is 5.91 Å². The van der Waals surface area contributed by atoms with Crippen molar-refractivity contribution in [2.24, 2.45) is 0 Å². The minimum Gasteiger partial charge on any atom is -0.330 e. The molecule has 0 N–H and O–H groups in total. The van der Waals surface area contributed by atoms with Crippen molar-refractivity contribution >= 4 is 5.91 Å². The third kappa shape index (κ3) is 2.96. The topological polar surface area (TPSA) is 76.8 Å². The van der Waals surface area contributed by atoms with Gasteiger partial charge in [-0.15, -0.1) is 0 Å². The van der Waals surface area contributed by atoms with Gasteiger partial charge in [-0.3, -0.25) is 19.3 Å². The lowest BCUT2D eigenvalue weighted by Crippen LogP contribution is -2.31. The SMILES string of the molecule is CCc1nccn1-c1cncc([C@@H]2CCCN2C(=O)c2ccncc2)n1. The maximum Gasteiger partial charge on any atom is 0.254 e. The van der Waals surface area contributed by atoms with Crippen molar-refractivity contribution in [2.45, 2.75) is 32.2 Å². The second-order valence-corrected chi connectivity index (χ2v) is 6.26. The van der Waals surface area contributed by atoms with Crippen molar-refractivity contribution < 1.29 is 4.79 Å². The molecule has 1 saturated heterocycles. The van der Waals surface area contributed by atoms with Crippen LogP contribution in [-0.2, 0) is 6.42 Å². The fourth-order valence-corrected chi connectivity index (χ4v) is 3.43. The van der Waals surface area contributed by atoms with E-state index in [1.165, 1.54) is 0 Å². The molecule has 0 aliphatic carbocycles. The third-order valence-electron chi connectivity index (χ3n) is 4.70. The fourth-order valence-electron chi connectivity index (χ4n) is 3.43. The van der Waals surface area contributed by atoms with Crippen LogP contribution in [0.3, 0.4) is 0 Å². The average molecular weight is 348 g/mol. The van der Waals surface area contributed by atoms with Crippen LogP contribution in [0.2, 0.25) is 0 Å². The van der Waals surface area contributed by atoms with Crippen LogP contribution in [0.25, 0.3) is 5.82 Å². The molecule has 4 heterocycles. The Morgan fingerprint density at radius 1 is 1.19 bits per heavy atom. The lowest BCUT2D eigenvalue weighted by Gasteiger charge is -2.24. The Morgan fingerprint density at radius 2 is 2.04 bits per heavy atom. The van der Waals surface area contributed by atoms with E-state index in [2.05, 4.69) is 21.9 Å². The Morgan fingerprint density at radius 3 is 2.85 bits per heavy atom. The Hall–Kier alpha value is -3.09. The van der Waals surface area contributed by atoms with E-state index in [9.17, 15) is 4.79 Å². The summed E-state index contributed by atoms with van der Waals surface area (Å²) in [6, 6.07) is 3.44. The van der Waals surface area contributed by atoms with E-state index < -0.39 is 0 Å². The number of carbonyl (C=O) groups is 1. The molecule has 1 aliphatic heterocycles. The largest absolute Gasteiger partial charge is 0.330 e. The lowest BCUT2D eigenvalue weighted by molar-refractivity contribution is 0.0732. The van der Waals surface area contributed by atoms with Gasteiger partial charge in [0.2, 0.25) is 0 Å². The minimum atomic E-state index is -0.0586. The Labute approximate surface area is 151 Å². The summed E-state index contributed by atoms with van der Waals surface area (Å²) in [4.78, 5) is 32.3. The zero-order chi connectivity index (χ0) is 17.9. The van der Waals surface area contributed by atoms with E-state index in [0.717, 1.165) is 43.1 Å². The number of hydrogen-bond acceptors (Lipinski definition) is 5. The van der Waals surface area contributed by atoms with Crippen LogP contribution < -0.4 is 0 Å². The molecule has 26 heavy (non-hydrogen) atoms. The molecular formula is C19H20N6O. The molecular weight excluding hydrogens is 328 g/mol. The summed E-state index contributed by atoms with van der Waals surface area (Å²) >= 11 is 0. The summed E-state index contributed by atoms with van der Waals surface area (Å²) in [6.45, 7) is 2.78. The number of carbonyl (C=O) groups excluding carboxylic acids is 1. The van der Waals surface area contributed by atoms with Crippen molar-refractivity contribution in [2.75, 3.05) is 6.54 Å². The maximum absolute atomic E-state index is 12.9. The predicted molar refractivity (Wildman–Crippen MR) is 95.8 cm³/mol. The molecule has 1 atom stereocenters. The van der Waals surface area contributed by atoms with E-state index >= 15 is 0 Å². The molecule has 0 unspecified atom stereocenters. The molecule has 7 nitrogen and oxygen atoms in total. The standard InChI is InChI=1S/C19H20N6O/c1-2-17-22-9-11-25(17)18-13-21-12-15(23-18)16-4-3-10-24(16)19(26)14-5-7-20-8-6-14/h5-9,11-13,16H,2-4,10H2,1H3/t16-/m0/s1. The zero-order valence-electron chi connectivity index (χ0n) is 14.6. The molecule has 1 amide bonds. The number of amides is 1. The van der Waals surface area contributed by atoms with Gasteiger partial charge in [-0.1, -0.05) is 6.92 Å². The highest BCUT2D eigenvalue weighted by molar-refractivity contribution is 5.94. The third-order valence-corrected chi connectivity index (χ3v) is 4.70. The minimum absolute atomic E-state index is 0.0129. The first-order valence-corrected chi connectivity index (χ1v) is 8.83. The van der Waals surface area contributed by atoms with E-state index in [1.807, 2.05) is 15.7 Å². The summed E-state index contributed by atoms with van der Waals surface area (Å²) in [5.41, 5.74) is 1.47. The lowest BCUT2D eigenvalue weighted by atomic mass is 10.1. The van der Waals surface area contributed by atoms with Crippen LogP contribution in [0.1, 0.15) is 47.7 Å². The Bertz CT molecular complexity index is 907. The first-order valence-electron chi connectivity index (χ1n) is 8.83. The van der Waals surface area contributed by atoms with Gasteiger partial charge in [0.15, 0.2) is 5.82 Å². The molecule has 132 valence electrons. The quantitative estimate of drug-likeness (QED) is 0.724. The molecule has 0 bridgehead atoms. The number of nitrogens with zero attached hydrogens (tertiary/aromatic N) is 6. The number of aromatic nitrogens is 5. The van der Waals surface area contributed by atoms with Crippen molar-refractivity contribution in [3.05, 3.63) is 66.4 Å². The normalized spacial score (nSPS) is 16.8. The van der Waals surface area contributed by atoms with Crippen molar-refractivity contribution in [1.82, 2.24) is 29.4 Å². The summed E-state index contributed by atoms with van der Waals surface area (Å²) in [5, 5.41) is 0. The summed E-state index contributed by atoms with van der Waals surface area (Å²) < 4.78 is 1.94. The van der Waals surface area contributed by atoms with Crippen LogP contribution in [0.5, 0.6) is 0 Å². The van der Waals surface area contributed by atoms with Crippen LogP contribution in [-0.4, -0.2) is 41.9 Å². The van der Waals surface area contributed by atoms with Gasteiger partial charge in [-0.05, 0) is 25.0 Å². The number of likely N-dealkylation sites (tertiary alicyclic amines) is 1. The Kier molecular flexibility index (Phi) is 4.43. The predicted octanol–water partition coefficient (Wildman–Crippen LogP) is 2.60. The van der Waals surface area contributed by atoms with E-state index in [-0.39, 0.29) is 11.9 Å². The molecule has 0 radical (unpaired) electrons. The van der Waals surface area contributed by atoms with Crippen LogP contribution >= 0.6 is 0 Å². The molecule has 3 aromatic rings. The highest BCUT2D eigenvalue weighted by atomic mass is 16.2. The average Bonchev–Trinajstić information content (AvgIpc) is 3.37. The summed E-state index contributed by atoms with van der Waals surface area (Å²) in [5.74, 6) is 1.69. The number of hydrogen-bond donors (Lipinski definition) is 0. The zero-order valence-corrected chi connectivity index (χ0v) is 14.6. The molecule has 7 heteroatoms. The van der Waals surface area contributed by atoms with Gasteiger partial charge in [-0.2, -0.15) is 0 Å². The number of aryl methyl sites for hydroxylation is 1. The highest BCUT2D eigenvalue weighted by Crippen LogP contribution is 2.32. The molecule has 1 aliphatic rings. The Balaban J connectivity index is 1.64. The molecule has 1 fully saturated rings. The van der Waals surface area contributed by atoms with Gasteiger partial charge in [0.05, 0.1) is 24.1 Å². The summed E-state index contributed by atoms with van der Waals surface area (Å²) in [7, 11) is 0. The van der Waals surface area contributed by atoms with Gasteiger partial charge < -0.3 is 4.90 Å². The first-order chi connectivity index (χ1) is 12.8. The van der Waals surface area contributed by atoms with Crippen molar-refractivity contribution in [1.29, 1.82) is 0 Å². The fraction of sp³-hybridized carbons (Fsp3) is 0.316. The maximum atomic E-state index is 12.9. The van der Waals surface area contributed by atoms with Crippen molar-refractivity contribution in [3.8, 4) is 5.82 Å². The molecule has 0 saturated carbocycles. The number of imidazole rings is 1. The van der Waals surface area contributed by atoms with Gasteiger partial charge in [-0.25, -0.2) is 9.97 Å². The first kappa shape index (κ1) is 16.4. The van der Waals surface area contributed by atoms with E-state index in [0.29, 0.717) is 5.56 Å². The van der Waals surface area contributed by atoms with E-state index in [1.54, 1.807) is 43.1 Å². The van der Waals surface area contributed by atoms with Crippen LogP contribution in [0.4, 0.5) is 0 Å². The number of pyridine rings is 1. The van der Waals surface area contributed by atoms with E-state index in [4.69, 9.17) is 4.98 Å². The van der Waals surface area contributed by atoms with Crippen LogP contribution in [0, 0.1) is 0 Å². The number of rotatable bonds is 4. The van der Waals surface area contributed by atoms with Crippen LogP contribution in [0.15, 0.2) is 49.3 Å². The second-order valence-electron chi connectivity index (χ2n) is 6.26. The smallest absolute Gasteiger partial charge is 0.254 e. The monoisotopic (exact) mass is 348 g/mol. The molecule has 4 rings (SSSR count). The van der Waals surface area contributed by atoms with Gasteiger partial charge >= 0.3 is 0 Å². The molecule has 0 aromatic carbocycles. The van der Waals surface area contributed by atoms with Gasteiger partial charge in [0, 0.05) is 43.3 Å². The summed E-state index contributed by atoms with van der Waals surface area (Å²) in [6.07, 6.45) is 13.1. The molecule has 0 spiro atoms. The highest BCUT2D eigenvalue weighted by Gasteiger charge is 2.32.